The minimum Gasteiger partial charge on any atom is -0.473 e. The third kappa shape index (κ3) is 4.17. The number of hydrogen-bond acceptors (Lipinski definition) is 6. The molecule has 2 heterocycles. The molecular weight excluding hydrogens is 401 g/mol. The quantitative estimate of drug-likeness (QED) is 0.615. The third-order valence-electron chi connectivity index (χ3n) is 4.45. The predicted octanol–water partition coefficient (Wildman–Crippen LogP) is 3.64. The summed E-state index contributed by atoms with van der Waals surface area (Å²) in [7, 11) is 0. The number of aromatic nitrogens is 2. The normalized spacial score (nSPS) is 12.9. The van der Waals surface area contributed by atoms with E-state index in [0.29, 0.717) is 24.6 Å². The minimum absolute atomic E-state index is 0.0364. The van der Waals surface area contributed by atoms with Gasteiger partial charge < -0.3 is 20.5 Å². The van der Waals surface area contributed by atoms with E-state index in [1.54, 1.807) is 12.1 Å². The average Bonchev–Trinajstić information content (AvgIpc) is 3.16. The second-order valence-electron chi connectivity index (χ2n) is 6.63. The average molecular weight is 418 g/mol. The first-order valence-corrected chi connectivity index (χ1v) is 9.02. The number of halogens is 3. The molecule has 156 valence electrons. The maximum Gasteiger partial charge on any atom is 0.419 e. The van der Waals surface area contributed by atoms with E-state index >= 15 is 0 Å². The van der Waals surface area contributed by atoms with Crippen molar-refractivity contribution in [2.45, 2.75) is 19.3 Å². The van der Waals surface area contributed by atoms with E-state index in [1.807, 2.05) is 0 Å². The Bertz CT molecular complexity index is 1140. The molecule has 0 bridgehead atoms. The highest BCUT2D eigenvalue weighted by atomic mass is 19.4. The monoisotopic (exact) mass is 418 g/mol. The summed E-state index contributed by atoms with van der Waals surface area (Å²) < 4.78 is 53.0. The Morgan fingerprint density at radius 1 is 1.17 bits per heavy atom. The van der Waals surface area contributed by atoms with Gasteiger partial charge in [-0.15, -0.1) is 0 Å². The van der Waals surface area contributed by atoms with E-state index < -0.39 is 17.4 Å². The Hall–Kier alpha value is -3.69. The van der Waals surface area contributed by atoms with Gasteiger partial charge in [-0.3, -0.25) is 4.57 Å². The first kappa shape index (κ1) is 19.6. The number of nitrogens with one attached hydrogen (secondary N) is 1. The molecule has 1 aliphatic rings. The molecule has 0 spiro atoms. The Balaban J connectivity index is 1.56. The van der Waals surface area contributed by atoms with Crippen LogP contribution in [-0.4, -0.2) is 16.1 Å². The summed E-state index contributed by atoms with van der Waals surface area (Å²) in [6.45, 7) is 0.909. The van der Waals surface area contributed by atoms with Crippen LogP contribution in [0.15, 0.2) is 53.3 Å². The van der Waals surface area contributed by atoms with Crippen molar-refractivity contribution in [1.82, 2.24) is 9.55 Å². The Kier molecular flexibility index (Phi) is 4.98. The Morgan fingerprint density at radius 2 is 2.00 bits per heavy atom. The van der Waals surface area contributed by atoms with Gasteiger partial charge in [0.25, 0.3) is 0 Å². The van der Waals surface area contributed by atoms with Crippen molar-refractivity contribution >= 4 is 11.5 Å². The van der Waals surface area contributed by atoms with Crippen LogP contribution in [0.25, 0.3) is 0 Å². The molecule has 0 radical (unpaired) electrons. The Morgan fingerprint density at radius 3 is 2.77 bits per heavy atom. The van der Waals surface area contributed by atoms with E-state index in [4.69, 9.17) is 15.2 Å². The summed E-state index contributed by atoms with van der Waals surface area (Å²) in [6.07, 6.45) is -4.64. The van der Waals surface area contributed by atoms with Crippen molar-refractivity contribution in [2.24, 2.45) is 0 Å². The second-order valence-corrected chi connectivity index (χ2v) is 6.63. The lowest BCUT2D eigenvalue weighted by Gasteiger charge is -2.16. The fourth-order valence-electron chi connectivity index (χ4n) is 3.06. The first-order chi connectivity index (χ1) is 14.3. The van der Waals surface area contributed by atoms with Crippen LogP contribution in [0.2, 0.25) is 0 Å². The third-order valence-corrected chi connectivity index (χ3v) is 4.45. The molecule has 30 heavy (non-hydrogen) atoms. The molecule has 1 aromatic heterocycles. The number of nitrogen functional groups attached to an aromatic ring is 1. The van der Waals surface area contributed by atoms with Gasteiger partial charge in [0.2, 0.25) is 5.88 Å². The van der Waals surface area contributed by atoms with Crippen LogP contribution < -0.4 is 26.2 Å². The Labute approximate surface area is 168 Å². The molecule has 0 unspecified atom stereocenters. The van der Waals surface area contributed by atoms with Gasteiger partial charge in [0.1, 0.15) is 23.9 Å². The van der Waals surface area contributed by atoms with Crippen LogP contribution in [0.4, 0.5) is 24.7 Å². The molecule has 4 rings (SSSR count). The highest BCUT2D eigenvalue weighted by Gasteiger charge is 2.35. The van der Waals surface area contributed by atoms with Crippen molar-refractivity contribution in [3.63, 3.8) is 0 Å². The standard InChI is InChI=1S/C20H17F3N4O3/c21-20(22,23)15-8-12(4-5-16(15)30-14-3-1-2-13(24)9-14)11-29-18-10-17-25-6-7-27(17)19(28)26-18/h1-5,8-10,25H,6-7,11,24H2. The lowest BCUT2D eigenvalue weighted by molar-refractivity contribution is -0.138. The van der Waals surface area contributed by atoms with Gasteiger partial charge in [-0.1, -0.05) is 12.1 Å². The summed E-state index contributed by atoms with van der Waals surface area (Å²) in [5.41, 5.74) is 4.84. The van der Waals surface area contributed by atoms with Crippen molar-refractivity contribution in [2.75, 3.05) is 17.6 Å². The molecule has 2 aromatic carbocycles. The number of benzene rings is 2. The smallest absolute Gasteiger partial charge is 0.419 e. The number of rotatable bonds is 5. The molecule has 3 aromatic rings. The molecular formula is C20H17F3N4O3. The zero-order valence-corrected chi connectivity index (χ0v) is 15.6. The van der Waals surface area contributed by atoms with E-state index in [0.717, 1.165) is 6.07 Å². The van der Waals surface area contributed by atoms with Crippen molar-refractivity contribution in [3.05, 3.63) is 70.1 Å². The zero-order chi connectivity index (χ0) is 21.3. The zero-order valence-electron chi connectivity index (χ0n) is 15.6. The molecule has 0 saturated heterocycles. The first-order valence-electron chi connectivity index (χ1n) is 9.02. The summed E-state index contributed by atoms with van der Waals surface area (Å²) in [5, 5.41) is 3.01. The van der Waals surface area contributed by atoms with Gasteiger partial charge in [-0.2, -0.15) is 18.2 Å². The number of ether oxygens (including phenoxy) is 2. The lowest BCUT2D eigenvalue weighted by atomic mass is 10.1. The fraction of sp³-hybridized carbons (Fsp3) is 0.200. The lowest BCUT2D eigenvalue weighted by Crippen LogP contribution is -2.21. The van der Waals surface area contributed by atoms with Crippen molar-refractivity contribution < 1.29 is 22.6 Å². The molecule has 0 amide bonds. The predicted molar refractivity (Wildman–Crippen MR) is 104 cm³/mol. The largest absolute Gasteiger partial charge is 0.473 e. The number of fused-ring (bicyclic) bond motifs is 1. The molecule has 10 heteroatoms. The van der Waals surface area contributed by atoms with Crippen LogP contribution in [0.5, 0.6) is 17.4 Å². The van der Waals surface area contributed by atoms with E-state index in [2.05, 4.69) is 10.3 Å². The molecule has 0 fully saturated rings. The minimum atomic E-state index is -4.64. The summed E-state index contributed by atoms with van der Waals surface area (Å²) in [4.78, 5) is 15.7. The van der Waals surface area contributed by atoms with E-state index in [1.165, 1.54) is 34.9 Å². The SMILES string of the molecule is Nc1cccc(Oc2ccc(COc3cc4n(c(=O)n3)CCN4)cc2C(F)(F)F)c1. The molecule has 0 aliphatic carbocycles. The van der Waals surface area contributed by atoms with Gasteiger partial charge in [0.15, 0.2) is 0 Å². The highest BCUT2D eigenvalue weighted by molar-refractivity contribution is 5.47. The van der Waals surface area contributed by atoms with Crippen LogP contribution in [-0.2, 0) is 19.3 Å². The van der Waals surface area contributed by atoms with Gasteiger partial charge in [0.05, 0.1) is 5.56 Å². The van der Waals surface area contributed by atoms with Gasteiger partial charge in [-0.25, -0.2) is 4.79 Å². The van der Waals surface area contributed by atoms with Gasteiger partial charge >= 0.3 is 11.9 Å². The molecule has 0 atom stereocenters. The highest BCUT2D eigenvalue weighted by Crippen LogP contribution is 2.39. The second kappa shape index (κ2) is 7.62. The number of nitrogens with two attached hydrogens (primary N) is 1. The van der Waals surface area contributed by atoms with Crippen LogP contribution in [0.1, 0.15) is 11.1 Å². The summed E-state index contributed by atoms with van der Waals surface area (Å²) in [5.74, 6) is 0.441. The number of alkyl halides is 3. The van der Waals surface area contributed by atoms with Crippen LogP contribution >= 0.6 is 0 Å². The summed E-state index contributed by atoms with van der Waals surface area (Å²) in [6, 6.07) is 11.3. The van der Waals surface area contributed by atoms with Crippen molar-refractivity contribution in [1.29, 1.82) is 0 Å². The van der Waals surface area contributed by atoms with Crippen LogP contribution in [0, 0.1) is 0 Å². The van der Waals surface area contributed by atoms with Gasteiger partial charge in [-0.05, 0) is 29.8 Å². The maximum absolute atomic E-state index is 13.6. The number of nitrogens with zero attached hydrogens (tertiary/aromatic N) is 2. The fourth-order valence-corrected chi connectivity index (χ4v) is 3.06. The van der Waals surface area contributed by atoms with E-state index in [9.17, 15) is 18.0 Å². The molecule has 1 aliphatic heterocycles. The maximum atomic E-state index is 13.6. The van der Waals surface area contributed by atoms with Gasteiger partial charge in [0, 0.05) is 30.9 Å². The van der Waals surface area contributed by atoms with Crippen LogP contribution in [0.3, 0.4) is 0 Å². The molecule has 7 nitrogen and oxygen atoms in total. The molecule has 0 saturated carbocycles. The number of hydrogen-bond donors (Lipinski definition) is 2. The molecule has 3 N–H and O–H groups in total. The topological polar surface area (TPSA) is 91.4 Å². The summed E-state index contributed by atoms with van der Waals surface area (Å²) >= 11 is 0. The number of anilines is 2. The van der Waals surface area contributed by atoms with E-state index in [-0.39, 0.29) is 29.5 Å². The van der Waals surface area contributed by atoms with Crippen molar-refractivity contribution in [3.8, 4) is 17.4 Å².